The average Bonchev–Trinajstić information content (AvgIpc) is 2.37. The second-order valence-electron chi connectivity index (χ2n) is 4.27. The van der Waals surface area contributed by atoms with E-state index >= 15 is 0 Å². The summed E-state index contributed by atoms with van der Waals surface area (Å²) < 4.78 is 10.5. The van der Waals surface area contributed by atoms with Crippen LogP contribution in [0.25, 0.3) is 0 Å². The van der Waals surface area contributed by atoms with Crippen LogP contribution in [0.5, 0.6) is 5.75 Å². The van der Waals surface area contributed by atoms with E-state index in [1.165, 1.54) is 0 Å². The molecule has 5 nitrogen and oxygen atoms in total. The first-order valence-electron chi connectivity index (χ1n) is 6.11. The Morgan fingerprint density at radius 2 is 1.95 bits per heavy atom. The van der Waals surface area contributed by atoms with Crippen LogP contribution in [0.4, 0.5) is 11.4 Å². The van der Waals surface area contributed by atoms with Crippen LogP contribution in [0.1, 0.15) is 19.8 Å². The molecule has 0 saturated carbocycles. The van der Waals surface area contributed by atoms with Gasteiger partial charge in [-0.1, -0.05) is 6.58 Å². The molecule has 0 spiro atoms. The Bertz CT molecular complexity index is 458. The number of hydrogen-bond acceptors (Lipinski definition) is 5. The molecule has 0 radical (unpaired) electrons. The van der Waals surface area contributed by atoms with Gasteiger partial charge < -0.3 is 20.9 Å². The predicted molar refractivity (Wildman–Crippen MR) is 75.8 cm³/mol. The number of benzene rings is 1. The molecule has 1 aromatic rings. The third-order valence-corrected chi connectivity index (χ3v) is 2.42. The van der Waals surface area contributed by atoms with E-state index in [2.05, 4.69) is 6.58 Å². The summed E-state index contributed by atoms with van der Waals surface area (Å²) in [6.45, 7) is 5.98. The molecule has 0 fully saturated rings. The number of carbonyl (C=O) groups is 1. The minimum absolute atomic E-state index is 0.360. The second kappa shape index (κ2) is 7.31. The Hall–Kier alpha value is -2.17. The number of carbonyl (C=O) groups excluding carboxylic acids is 1. The molecule has 0 aromatic heterocycles. The monoisotopic (exact) mass is 264 g/mol. The summed E-state index contributed by atoms with van der Waals surface area (Å²) in [6.07, 6.45) is 1.49. The van der Waals surface area contributed by atoms with Crippen molar-refractivity contribution in [1.82, 2.24) is 0 Å². The molecule has 104 valence electrons. The van der Waals surface area contributed by atoms with Gasteiger partial charge in [-0.05, 0) is 31.9 Å². The maximum absolute atomic E-state index is 11.1. The first-order chi connectivity index (χ1) is 9.00. The van der Waals surface area contributed by atoms with Crippen LogP contribution in [0, 0.1) is 0 Å². The molecule has 1 aromatic carbocycles. The summed E-state index contributed by atoms with van der Waals surface area (Å²) in [4.78, 5) is 11.1. The van der Waals surface area contributed by atoms with Gasteiger partial charge in [0.2, 0.25) is 0 Å². The van der Waals surface area contributed by atoms with E-state index in [9.17, 15) is 4.79 Å². The topological polar surface area (TPSA) is 87.6 Å². The zero-order chi connectivity index (χ0) is 14.3. The maximum Gasteiger partial charge on any atom is 0.333 e. The van der Waals surface area contributed by atoms with Crippen molar-refractivity contribution >= 4 is 17.3 Å². The molecule has 0 amide bonds. The smallest absolute Gasteiger partial charge is 0.333 e. The van der Waals surface area contributed by atoms with E-state index < -0.39 is 0 Å². The highest BCUT2D eigenvalue weighted by Crippen LogP contribution is 2.23. The van der Waals surface area contributed by atoms with Crippen molar-refractivity contribution < 1.29 is 14.3 Å². The number of nitrogen functional groups attached to an aromatic ring is 2. The van der Waals surface area contributed by atoms with Gasteiger partial charge in [0.05, 0.1) is 18.9 Å². The molecule has 0 unspecified atom stereocenters. The molecule has 4 N–H and O–H groups in total. The molecule has 0 aliphatic heterocycles. The molecular formula is C14H20N2O3. The Labute approximate surface area is 113 Å². The minimum Gasteiger partial charge on any atom is -0.491 e. The zero-order valence-electron chi connectivity index (χ0n) is 11.1. The standard InChI is InChI=1S/C14H20N2O3/c1-10(2)14(17)19-8-4-3-7-18-13-9-11(15)5-6-12(13)16/h5-6,9H,1,3-4,7-8,15-16H2,2H3. The number of hydrogen-bond donors (Lipinski definition) is 2. The van der Waals surface area contributed by atoms with E-state index in [0.29, 0.717) is 35.9 Å². The highest BCUT2D eigenvalue weighted by atomic mass is 16.5. The lowest BCUT2D eigenvalue weighted by molar-refractivity contribution is -0.139. The number of unbranched alkanes of at least 4 members (excludes halogenated alkanes) is 1. The molecule has 0 aliphatic rings. The summed E-state index contributed by atoms with van der Waals surface area (Å²) in [7, 11) is 0. The van der Waals surface area contributed by atoms with E-state index in [1.54, 1.807) is 25.1 Å². The minimum atomic E-state index is -0.360. The van der Waals surface area contributed by atoms with Crippen LogP contribution in [0.3, 0.4) is 0 Å². The third-order valence-electron chi connectivity index (χ3n) is 2.42. The lowest BCUT2D eigenvalue weighted by Gasteiger charge is -2.09. The van der Waals surface area contributed by atoms with Gasteiger partial charge in [-0.25, -0.2) is 4.79 Å². The van der Waals surface area contributed by atoms with Gasteiger partial charge in [-0.2, -0.15) is 0 Å². The first-order valence-corrected chi connectivity index (χ1v) is 6.11. The van der Waals surface area contributed by atoms with Gasteiger partial charge >= 0.3 is 5.97 Å². The van der Waals surface area contributed by atoms with Crippen LogP contribution in [-0.4, -0.2) is 19.2 Å². The van der Waals surface area contributed by atoms with Crippen molar-refractivity contribution in [2.24, 2.45) is 0 Å². The van der Waals surface area contributed by atoms with Gasteiger partial charge in [0.1, 0.15) is 5.75 Å². The molecule has 0 bridgehead atoms. The molecule has 0 saturated heterocycles. The lowest BCUT2D eigenvalue weighted by Crippen LogP contribution is -2.08. The van der Waals surface area contributed by atoms with E-state index in [4.69, 9.17) is 20.9 Å². The van der Waals surface area contributed by atoms with E-state index in [-0.39, 0.29) is 5.97 Å². The van der Waals surface area contributed by atoms with Crippen molar-refractivity contribution in [2.45, 2.75) is 19.8 Å². The van der Waals surface area contributed by atoms with Crippen LogP contribution in [0.2, 0.25) is 0 Å². The molecule has 0 aliphatic carbocycles. The summed E-state index contributed by atoms with van der Waals surface area (Å²) in [6, 6.07) is 5.12. The van der Waals surface area contributed by atoms with Gasteiger partial charge in [0.25, 0.3) is 0 Å². The van der Waals surface area contributed by atoms with Crippen molar-refractivity contribution in [2.75, 3.05) is 24.7 Å². The van der Waals surface area contributed by atoms with Crippen LogP contribution < -0.4 is 16.2 Å². The number of anilines is 2. The molecule has 0 atom stereocenters. The Morgan fingerprint density at radius 3 is 2.63 bits per heavy atom. The van der Waals surface area contributed by atoms with Crippen molar-refractivity contribution in [3.63, 3.8) is 0 Å². The first kappa shape index (κ1) is 14.9. The van der Waals surface area contributed by atoms with Gasteiger partial charge in [-0.15, -0.1) is 0 Å². The predicted octanol–water partition coefficient (Wildman–Crippen LogP) is 2.13. The molecule has 19 heavy (non-hydrogen) atoms. The van der Waals surface area contributed by atoms with Gasteiger partial charge in [-0.3, -0.25) is 0 Å². The maximum atomic E-state index is 11.1. The van der Waals surface area contributed by atoms with E-state index in [0.717, 1.165) is 12.8 Å². The molecule has 0 heterocycles. The Kier molecular flexibility index (Phi) is 5.73. The average molecular weight is 264 g/mol. The summed E-state index contributed by atoms with van der Waals surface area (Å²) in [5, 5.41) is 0. The molecular weight excluding hydrogens is 244 g/mol. The SMILES string of the molecule is C=C(C)C(=O)OCCCCOc1cc(N)ccc1N. The molecule has 1 rings (SSSR count). The summed E-state index contributed by atoms with van der Waals surface area (Å²) in [5.41, 5.74) is 13.0. The largest absolute Gasteiger partial charge is 0.491 e. The van der Waals surface area contributed by atoms with Crippen molar-refractivity contribution in [3.05, 3.63) is 30.4 Å². The Morgan fingerprint density at radius 1 is 1.26 bits per heavy atom. The fourth-order valence-corrected chi connectivity index (χ4v) is 1.35. The lowest BCUT2D eigenvalue weighted by atomic mass is 10.2. The summed E-state index contributed by atoms with van der Waals surface area (Å²) in [5.74, 6) is 0.222. The number of ether oxygens (including phenoxy) is 2. The highest BCUT2D eigenvalue weighted by molar-refractivity contribution is 5.86. The normalized spacial score (nSPS) is 9.95. The number of esters is 1. The van der Waals surface area contributed by atoms with Crippen LogP contribution in [-0.2, 0) is 9.53 Å². The zero-order valence-corrected chi connectivity index (χ0v) is 11.1. The van der Waals surface area contributed by atoms with Crippen molar-refractivity contribution in [3.8, 4) is 5.75 Å². The molecule has 5 heteroatoms. The Balaban J connectivity index is 2.19. The van der Waals surface area contributed by atoms with Crippen LogP contribution in [0.15, 0.2) is 30.4 Å². The van der Waals surface area contributed by atoms with Crippen molar-refractivity contribution in [1.29, 1.82) is 0 Å². The van der Waals surface area contributed by atoms with Crippen LogP contribution >= 0.6 is 0 Å². The fraction of sp³-hybridized carbons (Fsp3) is 0.357. The van der Waals surface area contributed by atoms with Gasteiger partial charge in [0, 0.05) is 17.3 Å². The summed E-state index contributed by atoms with van der Waals surface area (Å²) >= 11 is 0. The van der Waals surface area contributed by atoms with E-state index in [1.807, 2.05) is 0 Å². The number of nitrogens with two attached hydrogens (primary N) is 2. The fourth-order valence-electron chi connectivity index (χ4n) is 1.35. The third kappa shape index (κ3) is 5.33. The number of rotatable bonds is 7. The quantitative estimate of drug-likeness (QED) is 0.341. The second-order valence-corrected chi connectivity index (χ2v) is 4.27. The highest BCUT2D eigenvalue weighted by Gasteiger charge is 2.03. The van der Waals surface area contributed by atoms with Gasteiger partial charge in [0.15, 0.2) is 0 Å².